The van der Waals surface area contributed by atoms with E-state index in [1.165, 1.54) is 0 Å². The number of hydrogen-bond donors (Lipinski definition) is 4. The van der Waals surface area contributed by atoms with Gasteiger partial charge in [-0.25, -0.2) is 4.79 Å². The molecule has 0 spiro atoms. The zero-order valence-electron chi connectivity index (χ0n) is 16.3. The van der Waals surface area contributed by atoms with E-state index >= 15 is 0 Å². The molecule has 0 unspecified atom stereocenters. The minimum absolute atomic E-state index is 0.222. The highest BCUT2D eigenvalue weighted by Gasteiger charge is 2.19. The summed E-state index contributed by atoms with van der Waals surface area (Å²) in [5, 5.41) is 9.57. The fourth-order valence-electron chi connectivity index (χ4n) is 3.24. The molecule has 8 nitrogen and oxygen atoms in total. The first-order valence-electron chi connectivity index (χ1n) is 9.51. The maximum Gasteiger partial charge on any atom is 0.314 e. The highest BCUT2D eigenvalue weighted by Crippen LogP contribution is 2.37. The number of halogens is 1. The van der Waals surface area contributed by atoms with Crippen molar-refractivity contribution in [3.8, 4) is 11.5 Å². The number of amides is 3. The molecule has 0 radical (unpaired) electrons. The predicted molar refractivity (Wildman–Crippen MR) is 115 cm³/mol. The molecular formula is C21H21ClN4O4. The molecule has 0 saturated heterocycles. The lowest BCUT2D eigenvalue weighted by Gasteiger charge is -2.16. The van der Waals surface area contributed by atoms with E-state index in [0.29, 0.717) is 46.7 Å². The van der Waals surface area contributed by atoms with E-state index in [9.17, 15) is 9.59 Å². The van der Waals surface area contributed by atoms with E-state index in [4.69, 9.17) is 21.1 Å². The quantitative estimate of drug-likeness (QED) is 0.509. The van der Waals surface area contributed by atoms with Gasteiger partial charge in [0, 0.05) is 53.3 Å². The summed E-state index contributed by atoms with van der Waals surface area (Å²) in [5.74, 6) is 0.798. The number of fused-ring (bicyclic) bond motifs is 2. The molecule has 0 aliphatic carbocycles. The standard InChI is InChI=1S/C21H21ClN4O4/c1-23-21(28)24-11-13-8-15(10-18-19(13)30-6-2-5-29-18)25-20(27)17-9-12-7-14(22)3-4-16(12)26-17/h3-4,7-10,26H,2,5-6,11H2,1H3,(H,25,27)(H2,23,24,28). The maximum absolute atomic E-state index is 12.8. The van der Waals surface area contributed by atoms with Crippen LogP contribution in [0.2, 0.25) is 5.02 Å². The lowest BCUT2D eigenvalue weighted by atomic mass is 10.1. The van der Waals surface area contributed by atoms with Gasteiger partial charge < -0.3 is 30.4 Å². The molecule has 0 fully saturated rings. The zero-order chi connectivity index (χ0) is 21.1. The van der Waals surface area contributed by atoms with Crippen LogP contribution in [-0.2, 0) is 6.54 Å². The number of aromatic nitrogens is 1. The topological polar surface area (TPSA) is 104 Å². The Hall–Kier alpha value is -3.39. The number of carbonyl (C=O) groups excluding carboxylic acids is 2. The predicted octanol–water partition coefficient (Wildman–Crippen LogP) is 3.66. The number of ether oxygens (including phenoxy) is 2. The molecule has 0 bridgehead atoms. The Labute approximate surface area is 177 Å². The normalized spacial score (nSPS) is 12.9. The molecule has 156 valence electrons. The van der Waals surface area contributed by atoms with Crippen LogP contribution >= 0.6 is 11.6 Å². The van der Waals surface area contributed by atoms with Gasteiger partial charge in [0.2, 0.25) is 0 Å². The maximum atomic E-state index is 12.8. The third kappa shape index (κ3) is 4.28. The van der Waals surface area contributed by atoms with Crippen molar-refractivity contribution < 1.29 is 19.1 Å². The second-order valence-corrected chi connectivity index (χ2v) is 7.25. The number of H-pyrrole nitrogens is 1. The number of nitrogens with one attached hydrogen (secondary N) is 4. The van der Waals surface area contributed by atoms with Crippen LogP contribution < -0.4 is 25.4 Å². The molecule has 30 heavy (non-hydrogen) atoms. The molecule has 3 amide bonds. The van der Waals surface area contributed by atoms with Gasteiger partial charge in [-0.2, -0.15) is 0 Å². The Balaban J connectivity index is 1.61. The first-order valence-corrected chi connectivity index (χ1v) is 9.89. The largest absolute Gasteiger partial charge is 0.489 e. The van der Waals surface area contributed by atoms with Gasteiger partial charge in [0.1, 0.15) is 5.69 Å². The van der Waals surface area contributed by atoms with Gasteiger partial charge in [0.05, 0.1) is 13.2 Å². The van der Waals surface area contributed by atoms with Gasteiger partial charge in [0.25, 0.3) is 5.91 Å². The third-order valence-corrected chi connectivity index (χ3v) is 4.91. The summed E-state index contributed by atoms with van der Waals surface area (Å²) in [7, 11) is 1.54. The lowest BCUT2D eigenvalue weighted by molar-refractivity contribution is 0.102. The van der Waals surface area contributed by atoms with Crippen LogP contribution in [-0.4, -0.2) is 37.2 Å². The Morgan fingerprint density at radius 3 is 2.80 bits per heavy atom. The van der Waals surface area contributed by atoms with Crippen molar-refractivity contribution in [1.29, 1.82) is 0 Å². The molecular weight excluding hydrogens is 408 g/mol. The van der Waals surface area contributed by atoms with Crippen LogP contribution in [0.25, 0.3) is 10.9 Å². The molecule has 3 aromatic rings. The molecule has 1 aromatic heterocycles. The van der Waals surface area contributed by atoms with Crippen LogP contribution in [0.3, 0.4) is 0 Å². The van der Waals surface area contributed by atoms with Crippen molar-refractivity contribution in [2.75, 3.05) is 25.6 Å². The van der Waals surface area contributed by atoms with E-state index in [2.05, 4.69) is 20.9 Å². The zero-order valence-corrected chi connectivity index (χ0v) is 17.1. The summed E-state index contributed by atoms with van der Waals surface area (Å²) < 4.78 is 11.6. The van der Waals surface area contributed by atoms with Crippen LogP contribution in [0.4, 0.5) is 10.5 Å². The average Bonchev–Trinajstić information content (AvgIpc) is 3.01. The van der Waals surface area contributed by atoms with Crippen molar-refractivity contribution in [3.63, 3.8) is 0 Å². The van der Waals surface area contributed by atoms with Crippen molar-refractivity contribution >= 4 is 40.1 Å². The van der Waals surface area contributed by atoms with E-state index in [1.54, 1.807) is 37.4 Å². The van der Waals surface area contributed by atoms with Gasteiger partial charge in [-0.05, 0) is 30.3 Å². The van der Waals surface area contributed by atoms with E-state index in [1.807, 2.05) is 6.07 Å². The second kappa shape index (κ2) is 8.54. The van der Waals surface area contributed by atoms with E-state index in [0.717, 1.165) is 17.3 Å². The molecule has 4 N–H and O–H groups in total. The molecule has 2 heterocycles. The minimum Gasteiger partial charge on any atom is -0.489 e. The summed E-state index contributed by atoms with van der Waals surface area (Å²) in [5.41, 5.74) is 2.47. The molecule has 1 aliphatic rings. The Morgan fingerprint density at radius 2 is 1.97 bits per heavy atom. The second-order valence-electron chi connectivity index (χ2n) is 6.81. The van der Waals surface area contributed by atoms with Gasteiger partial charge in [0.15, 0.2) is 11.5 Å². The van der Waals surface area contributed by atoms with Gasteiger partial charge in [-0.1, -0.05) is 11.6 Å². The summed E-state index contributed by atoms with van der Waals surface area (Å²) in [6.07, 6.45) is 0.746. The van der Waals surface area contributed by atoms with Crippen LogP contribution in [0.15, 0.2) is 36.4 Å². The lowest BCUT2D eigenvalue weighted by Crippen LogP contribution is -2.32. The van der Waals surface area contributed by atoms with Gasteiger partial charge in [-0.3, -0.25) is 4.79 Å². The summed E-state index contributed by atoms with van der Waals surface area (Å²) in [4.78, 5) is 27.5. The van der Waals surface area contributed by atoms with E-state index < -0.39 is 0 Å². The number of benzene rings is 2. The molecule has 1 aliphatic heterocycles. The average molecular weight is 429 g/mol. The van der Waals surface area contributed by atoms with E-state index in [-0.39, 0.29) is 18.5 Å². The number of carbonyl (C=O) groups is 2. The Bertz CT molecular complexity index is 1110. The number of urea groups is 1. The number of anilines is 1. The monoisotopic (exact) mass is 428 g/mol. The van der Waals surface area contributed by atoms with Crippen LogP contribution in [0, 0.1) is 0 Å². The van der Waals surface area contributed by atoms with Crippen molar-refractivity contribution in [2.24, 2.45) is 0 Å². The summed E-state index contributed by atoms with van der Waals surface area (Å²) in [6.45, 7) is 1.25. The van der Waals surface area contributed by atoms with Crippen LogP contribution in [0.5, 0.6) is 11.5 Å². The Kier molecular flexibility index (Phi) is 5.67. The highest BCUT2D eigenvalue weighted by atomic mass is 35.5. The van der Waals surface area contributed by atoms with Crippen molar-refractivity contribution in [1.82, 2.24) is 15.6 Å². The first-order chi connectivity index (χ1) is 14.5. The third-order valence-electron chi connectivity index (χ3n) is 4.68. The summed E-state index contributed by atoms with van der Waals surface area (Å²) >= 11 is 6.02. The van der Waals surface area contributed by atoms with Crippen molar-refractivity contribution in [3.05, 3.63) is 52.7 Å². The fourth-order valence-corrected chi connectivity index (χ4v) is 3.42. The SMILES string of the molecule is CNC(=O)NCc1cc(NC(=O)c2cc3cc(Cl)ccc3[nH]2)cc2c1OCCCO2. The highest BCUT2D eigenvalue weighted by molar-refractivity contribution is 6.31. The summed E-state index contributed by atoms with van der Waals surface area (Å²) in [6, 6.07) is 10.3. The number of aromatic amines is 1. The molecule has 2 aromatic carbocycles. The first kappa shape index (κ1) is 19.9. The number of rotatable bonds is 4. The molecule has 4 rings (SSSR count). The molecule has 9 heteroatoms. The Morgan fingerprint density at radius 1 is 1.13 bits per heavy atom. The smallest absolute Gasteiger partial charge is 0.314 e. The minimum atomic E-state index is -0.315. The van der Waals surface area contributed by atoms with Gasteiger partial charge in [-0.15, -0.1) is 0 Å². The fraction of sp³-hybridized carbons (Fsp3) is 0.238. The number of hydrogen-bond acceptors (Lipinski definition) is 4. The van der Waals surface area contributed by atoms with Gasteiger partial charge >= 0.3 is 6.03 Å². The molecule has 0 atom stereocenters. The van der Waals surface area contributed by atoms with Crippen LogP contribution in [0.1, 0.15) is 22.5 Å². The molecule has 0 saturated carbocycles. The van der Waals surface area contributed by atoms with Crippen molar-refractivity contribution in [2.45, 2.75) is 13.0 Å².